The van der Waals surface area contributed by atoms with Gasteiger partial charge in [0.25, 0.3) is 0 Å². The van der Waals surface area contributed by atoms with Crippen LogP contribution in [0.25, 0.3) is 22.8 Å². The molecule has 1 atom stereocenters. The molecule has 0 N–H and O–H groups in total. The SMILES string of the molecule is CCCCC(CC)COc1cc(-c2cc(C(F)(F)F)n[n-]2)nc(-c2cc(C(F)(F)F)n[n-]2)c1. The molecule has 3 heterocycles. The van der Waals surface area contributed by atoms with Crippen LogP contribution in [0, 0.1) is 5.92 Å². The number of aromatic nitrogens is 5. The Bertz CT molecular complexity index is 986. The van der Waals surface area contributed by atoms with Crippen LogP contribution in [0.5, 0.6) is 5.75 Å². The fourth-order valence-corrected chi connectivity index (χ4v) is 3.08. The largest absolute Gasteiger partial charge is 0.573 e. The van der Waals surface area contributed by atoms with Crippen molar-refractivity contribution in [2.45, 2.75) is 51.9 Å². The van der Waals surface area contributed by atoms with E-state index in [-0.39, 0.29) is 34.4 Å². The van der Waals surface area contributed by atoms with E-state index < -0.39 is 23.7 Å². The minimum Gasteiger partial charge on any atom is -0.573 e. The van der Waals surface area contributed by atoms with Crippen molar-refractivity contribution < 1.29 is 31.1 Å². The summed E-state index contributed by atoms with van der Waals surface area (Å²) in [4.78, 5) is 4.14. The van der Waals surface area contributed by atoms with Crippen LogP contribution in [-0.2, 0) is 12.4 Å². The normalized spacial score (nSPS) is 13.3. The summed E-state index contributed by atoms with van der Waals surface area (Å²) in [6, 6.07) is 4.18. The van der Waals surface area contributed by atoms with Gasteiger partial charge in [0.2, 0.25) is 0 Å². The van der Waals surface area contributed by atoms with Gasteiger partial charge in [-0.3, -0.25) is 4.98 Å². The van der Waals surface area contributed by atoms with E-state index in [9.17, 15) is 26.3 Å². The number of halogens is 6. The molecule has 3 rings (SSSR count). The van der Waals surface area contributed by atoms with Gasteiger partial charge in [-0.05, 0) is 24.5 Å². The molecule has 180 valence electrons. The summed E-state index contributed by atoms with van der Waals surface area (Å²) in [5.74, 6) is 0.467. The van der Waals surface area contributed by atoms with Crippen molar-refractivity contribution in [1.29, 1.82) is 0 Å². The molecule has 0 aliphatic heterocycles. The highest BCUT2D eigenvalue weighted by atomic mass is 19.4. The van der Waals surface area contributed by atoms with Crippen LogP contribution in [0.1, 0.15) is 50.9 Å². The Morgan fingerprint density at radius 2 is 1.36 bits per heavy atom. The zero-order valence-corrected chi connectivity index (χ0v) is 17.8. The second-order valence-corrected chi connectivity index (χ2v) is 7.53. The van der Waals surface area contributed by atoms with Crippen molar-refractivity contribution >= 4 is 0 Å². The number of nitrogens with zero attached hydrogens (tertiary/aromatic N) is 5. The zero-order valence-electron chi connectivity index (χ0n) is 17.8. The van der Waals surface area contributed by atoms with E-state index in [0.29, 0.717) is 18.7 Å². The first-order chi connectivity index (χ1) is 15.5. The monoisotopic (exact) mass is 473 g/mol. The van der Waals surface area contributed by atoms with Crippen molar-refractivity contribution in [2.24, 2.45) is 5.92 Å². The number of ether oxygens (including phenoxy) is 1. The summed E-state index contributed by atoms with van der Waals surface area (Å²) < 4.78 is 83.4. The Labute approximate surface area is 185 Å². The molecule has 0 radical (unpaired) electrons. The minimum absolute atomic E-state index is 0.0383. The molecule has 12 heteroatoms. The van der Waals surface area contributed by atoms with E-state index in [1.807, 2.05) is 6.92 Å². The molecule has 0 amide bonds. The highest BCUT2D eigenvalue weighted by molar-refractivity contribution is 5.65. The lowest BCUT2D eigenvalue weighted by Crippen LogP contribution is -2.11. The standard InChI is InChI=1S/C21H21F6N5O/c1-3-5-6-12(4-2)11-33-13-7-14(16-9-18(31-29-16)20(22,23)24)28-15(8-13)17-10-19(32-30-17)21(25,26)27/h7-10,12H,3-6,11H2,1-2H3/q-2. The maximum atomic E-state index is 12.9. The fraction of sp³-hybridized carbons (Fsp3) is 0.476. The summed E-state index contributed by atoms with van der Waals surface area (Å²) in [5.41, 5.74) is -2.87. The van der Waals surface area contributed by atoms with E-state index in [1.54, 1.807) is 0 Å². The molecule has 0 aliphatic rings. The van der Waals surface area contributed by atoms with Gasteiger partial charge in [-0.2, -0.15) is 26.3 Å². The predicted octanol–water partition coefficient (Wildman–Crippen LogP) is 5.75. The van der Waals surface area contributed by atoms with E-state index in [4.69, 9.17) is 4.74 Å². The smallest absolute Gasteiger partial charge is 0.431 e. The van der Waals surface area contributed by atoms with Gasteiger partial charge in [0.15, 0.2) is 0 Å². The van der Waals surface area contributed by atoms with Gasteiger partial charge in [0.1, 0.15) is 17.1 Å². The van der Waals surface area contributed by atoms with Crippen LogP contribution in [0.2, 0.25) is 0 Å². The third-order valence-corrected chi connectivity index (χ3v) is 5.01. The van der Waals surface area contributed by atoms with Gasteiger partial charge in [-0.25, -0.2) is 0 Å². The van der Waals surface area contributed by atoms with Crippen LogP contribution in [0.3, 0.4) is 0 Å². The Morgan fingerprint density at radius 3 is 1.76 bits per heavy atom. The van der Waals surface area contributed by atoms with Crippen molar-refractivity contribution in [3.05, 3.63) is 35.7 Å². The number of alkyl halides is 6. The van der Waals surface area contributed by atoms with Gasteiger partial charge in [-0.15, -0.1) is 0 Å². The number of hydrogen-bond donors (Lipinski definition) is 0. The molecule has 0 saturated heterocycles. The van der Waals surface area contributed by atoms with E-state index in [1.165, 1.54) is 12.1 Å². The second-order valence-electron chi connectivity index (χ2n) is 7.53. The van der Waals surface area contributed by atoms with Crippen molar-refractivity contribution in [2.75, 3.05) is 6.61 Å². The third-order valence-electron chi connectivity index (χ3n) is 5.01. The molecule has 0 saturated carbocycles. The van der Waals surface area contributed by atoms with E-state index >= 15 is 0 Å². The van der Waals surface area contributed by atoms with Gasteiger partial charge < -0.3 is 25.1 Å². The Morgan fingerprint density at radius 1 is 0.848 bits per heavy atom. The molecule has 3 aromatic rings. The molecular weight excluding hydrogens is 452 g/mol. The average molecular weight is 473 g/mol. The number of hydrogen-bond acceptors (Lipinski definition) is 4. The maximum absolute atomic E-state index is 12.9. The van der Waals surface area contributed by atoms with Crippen molar-refractivity contribution in [3.63, 3.8) is 0 Å². The number of pyridine rings is 1. The maximum Gasteiger partial charge on any atom is 0.431 e. The molecule has 3 aromatic heterocycles. The van der Waals surface area contributed by atoms with Gasteiger partial charge in [0.05, 0.1) is 18.0 Å². The molecular formula is C21H21F6N5O-2. The summed E-state index contributed by atoms with van der Waals surface area (Å²) in [7, 11) is 0. The third kappa shape index (κ3) is 6.26. The van der Waals surface area contributed by atoms with Gasteiger partial charge in [-0.1, -0.05) is 44.5 Å². The lowest BCUT2D eigenvalue weighted by atomic mass is 10.0. The quantitative estimate of drug-likeness (QED) is 0.368. The van der Waals surface area contributed by atoms with Crippen molar-refractivity contribution in [1.82, 2.24) is 25.4 Å². The summed E-state index contributed by atoms with van der Waals surface area (Å²) in [5, 5.41) is 13.3. The lowest BCUT2D eigenvalue weighted by Gasteiger charge is -2.18. The highest BCUT2D eigenvalue weighted by Gasteiger charge is 2.32. The molecule has 0 aromatic carbocycles. The Hall–Kier alpha value is -3.05. The molecule has 1 unspecified atom stereocenters. The summed E-state index contributed by atoms with van der Waals surface area (Å²) >= 11 is 0. The Kier molecular flexibility index (Phi) is 7.33. The average Bonchev–Trinajstić information content (AvgIpc) is 3.43. The van der Waals surface area contributed by atoms with E-state index in [0.717, 1.165) is 25.7 Å². The summed E-state index contributed by atoms with van der Waals surface area (Å²) in [6.45, 7) is 4.42. The van der Waals surface area contributed by atoms with Crippen LogP contribution in [0.15, 0.2) is 24.3 Å². The molecule has 0 bridgehead atoms. The highest BCUT2D eigenvalue weighted by Crippen LogP contribution is 2.33. The first-order valence-electron chi connectivity index (χ1n) is 10.3. The minimum atomic E-state index is -4.70. The number of rotatable bonds is 9. The first kappa shape index (κ1) is 24.6. The molecule has 6 nitrogen and oxygen atoms in total. The van der Waals surface area contributed by atoms with Crippen molar-refractivity contribution in [3.8, 4) is 28.5 Å². The summed E-state index contributed by atoms with van der Waals surface area (Å²) in [6.07, 6.45) is -5.57. The van der Waals surface area contributed by atoms with Gasteiger partial charge >= 0.3 is 12.4 Å². The first-order valence-corrected chi connectivity index (χ1v) is 10.3. The molecule has 33 heavy (non-hydrogen) atoms. The topological polar surface area (TPSA) is 76.1 Å². The van der Waals surface area contributed by atoms with Crippen LogP contribution >= 0.6 is 0 Å². The van der Waals surface area contributed by atoms with Crippen LogP contribution in [0.4, 0.5) is 26.3 Å². The Balaban J connectivity index is 1.97. The molecule has 0 spiro atoms. The second kappa shape index (κ2) is 9.84. The fourth-order valence-electron chi connectivity index (χ4n) is 3.08. The van der Waals surface area contributed by atoms with E-state index in [2.05, 4.69) is 32.3 Å². The zero-order chi connectivity index (χ0) is 24.2. The van der Waals surface area contributed by atoms with Crippen LogP contribution < -0.4 is 14.9 Å². The molecule has 0 fully saturated rings. The van der Waals surface area contributed by atoms with Gasteiger partial charge in [0, 0.05) is 12.1 Å². The lowest BCUT2D eigenvalue weighted by molar-refractivity contribution is -0.142. The van der Waals surface area contributed by atoms with Crippen LogP contribution in [-0.4, -0.2) is 21.8 Å². The predicted molar refractivity (Wildman–Crippen MR) is 106 cm³/mol. The molecule has 0 aliphatic carbocycles. The number of unbranched alkanes of at least 4 members (excludes halogenated alkanes) is 1.